The SMILES string of the molecule is COc1ccc2ncc(C(=O)O)c(C(C)(C)C)c2c1. The number of fused-ring (bicyclic) bond motifs is 1. The molecule has 19 heavy (non-hydrogen) atoms. The predicted molar refractivity (Wildman–Crippen MR) is 74.0 cm³/mol. The Balaban J connectivity index is 2.89. The minimum atomic E-state index is -0.956. The van der Waals surface area contributed by atoms with Crippen molar-refractivity contribution in [3.63, 3.8) is 0 Å². The fourth-order valence-corrected chi connectivity index (χ4v) is 2.27. The Morgan fingerprint density at radius 3 is 2.53 bits per heavy atom. The quantitative estimate of drug-likeness (QED) is 0.899. The molecule has 1 aromatic heterocycles. The largest absolute Gasteiger partial charge is 0.497 e. The third kappa shape index (κ3) is 2.38. The second-order valence-electron chi connectivity index (χ2n) is 5.49. The fraction of sp³-hybridized carbons (Fsp3) is 0.333. The third-order valence-corrected chi connectivity index (χ3v) is 3.06. The first kappa shape index (κ1) is 13.3. The Hall–Kier alpha value is -2.10. The van der Waals surface area contributed by atoms with E-state index in [1.807, 2.05) is 39.0 Å². The van der Waals surface area contributed by atoms with E-state index in [-0.39, 0.29) is 11.0 Å². The lowest BCUT2D eigenvalue weighted by Gasteiger charge is -2.23. The number of ether oxygens (including phenoxy) is 1. The van der Waals surface area contributed by atoms with Gasteiger partial charge in [-0.15, -0.1) is 0 Å². The van der Waals surface area contributed by atoms with Gasteiger partial charge in [-0.2, -0.15) is 0 Å². The molecule has 0 unspecified atom stereocenters. The maximum atomic E-state index is 11.4. The molecule has 0 fully saturated rings. The molecule has 0 bridgehead atoms. The Morgan fingerprint density at radius 2 is 2.00 bits per heavy atom. The Kier molecular flexibility index (Phi) is 3.18. The number of methoxy groups -OCH3 is 1. The summed E-state index contributed by atoms with van der Waals surface area (Å²) in [5, 5.41) is 10.2. The summed E-state index contributed by atoms with van der Waals surface area (Å²) in [6.45, 7) is 5.98. The highest BCUT2D eigenvalue weighted by Gasteiger charge is 2.25. The van der Waals surface area contributed by atoms with Crippen molar-refractivity contribution >= 4 is 16.9 Å². The number of pyridine rings is 1. The number of rotatable bonds is 2. The van der Waals surface area contributed by atoms with Crippen LogP contribution in [0, 0.1) is 0 Å². The number of hydrogen-bond donors (Lipinski definition) is 1. The van der Waals surface area contributed by atoms with Crippen molar-refractivity contribution in [1.82, 2.24) is 4.98 Å². The second kappa shape index (κ2) is 4.53. The van der Waals surface area contributed by atoms with E-state index in [9.17, 15) is 9.90 Å². The van der Waals surface area contributed by atoms with E-state index in [1.165, 1.54) is 6.20 Å². The molecule has 1 aromatic carbocycles. The molecule has 2 rings (SSSR count). The van der Waals surface area contributed by atoms with Crippen LogP contribution < -0.4 is 4.74 Å². The molecule has 0 aliphatic carbocycles. The Labute approximate surface area is 112 Å². The van der Waals surface area contributed by atoms with Crippen molar-refractivity contribution in [3.8, 4) is 5.75 Å². The van der Waals surface area contributed by atoms with Gasteiger partial charge in [-0.1, -0.05) is 20.8 Å². The van der Waals surface area contributed by atoms with Gasteiger partial charge >= 0.3 is 5.97 Å². The first-order valence-corrected chi connectivity index (χ1v) is 6.05. The molecule has 0 aliphatic heterocycles. The van der Waals surface area contributed by atoms with Gasteiger partial charge in [0, 0.05) is 11.6 Å². The maximum absolute atomic E-state index is 11.4. The zero-order valence-electron chi connectivity index (χ0n) is 11.5. The van der Waals surface area contributed by atoms with E-state index >= 15 is 0 Å². The van der Waals surface area contributed by atoms with Crippen LogP contribution in [0.5, 0.6) is 5.75 Å². The number of nitrogens with zero attached hydrogens (tertiary/aromatic N) is 1. The summed E-state index contributed by atoms with van der Waals surface area (Å²) in [7, 11) is 1.59. The van der Waals surface area contributed by atoms with E-state index < -0.39 is 5.97 Å². The molecule has 0 amide bonds. The Bertz CT molecular complexity index is 642. The molecule has 2 aromatic rings. The number of carboxylic acid groups (broad SMARTS) is 1. The lowest BCUT2D eigenvalue weighted by Crippen LogP contribution is -2.18. The van der Waals surface area contributed by atoms with Crippen LogP contribution in [0.1, 0.15) is 36.7 Å². The number of aromatic nitrogens is 1. The molecule has 4 nitrogen and oxygen atoms in total. The second-order valence-corrected chi connectivity index (χ2v) is 5.49. The van der Waals surface area contributed by atoms with Crippen molar-refractivity contribution in [2.75, 3.05) is 7.11 Å². The minimum absolute atomic E-state index is 0.244. The van der Waals surface area contributed by atoms with Crippen molar-refractivity contribution in [2.24, 2.45) is 0 Å². The van der Waals surface area contributed by atoms with E-state index in [0.29, 0.717) is 5.75 Å². The lowest BCUT2D eigenvalue weighted by atomic mass is 9.82. The summed E-state index contributed by atoms with van der Waals surface area (Å²) < 4.78 is 5.22. The lowest BCUT2D eigenvalue weighted by molar-refractivity contribution is 0.0694. The molecule has 0 aliphatic rings. The normalized spacial score (nSPS) is 11.6. The van der Waals surface area contributed by atoms with Gasteiger partial charge in [-0.05, 0) is 29.2 Å². The first-order chi connectivity index (χ1) is 8.84. The fourth-order valence-electron chi connectivity index (χ4n) is 2.27. The van der Waals surface area contributed by atoms with E-state index in [1.54, 1.807) is 7.11 Å². The van der Waals surface area contributed by atoms with Gasteiger partial charge in [0.2, 0.25) is 0 Å². The topological polar surface area (TPSA) is 59.4 Å². The number of carbonyl (C=O) groups is 1. The molecule has 1 N–H and O–H groups in total. The van der Waals surface area contributed by atoms with Gasteiger partial charge in [-0.3, -0.25) is 4.98 Å². The van der Waals surface area contributed by atoms with Crippen molar-refractivity contribution in [1.29, 1.82) is 0 Å². The smallest absolute Gasteiger partial charge is 0.337 e. The van der Waals surface area contributed by atoms with Crippen molar-refractivity contribution in [2.45, 2.75) is 26.2 Å². The molecule has 0 atom stereocenters. The minimum Gasteiger partial charge on any atom is -0.497 e. The number of carboxylic acids is 1. The highest BCUT2D eigenvalue weighted by atomic mass is 16.5. The Morgan fingerprint density at radius 1 is 1.32 bits per heavy atom. The van der Waals surface area contributed by atoms with Crippen molar-refractivity contribution < 1.29 is 14.6 Å². The van der Waals surface area contributed by atoms with Crippen molar-refractivity contribution in [3.05, 3.63) is 35.5 Å². The van der Waals surface area contributed by atoms with Crippen LogP contribution in [0.3, 0.4) is 0 Å². The van der Waals surface area contributed by atoms with Gasteiger partial charge < -0.3 is 9.84 Å². The van der Waals surface area contributed by atoms with E-state index in [4.69, 9.17) is 4.74 Å². The van der Waals surface area contributed by atoms with Crippen LogP contribution in [-0.2, 0) is 5.41 Å². The molecule has 0 saturated heterocycles. The van der Waals surface area contributed by atoms with Crippen LogP contribution in [-0.4, -0.2) is 23.2 Å². The average Bonchev–Trinajstić information content (AvgIpc) is 2.35. The van der Waals surface area contributed by atoms with Gasteiger partial charge in [0.25, 0.3) is 0 Å². The molecule has 1 heterocycles. The average molecular weight is 259 g/mol. The highest BCUT2D eigenvalue weighted by molar-refractivity contribution is 5.97. The van der Waals surface area contributed by atoms with Gasteiger partial charge in [-0.25, -0.2) is 4.79 Å². The standard InChI is InChI=1S/C15H17NO3/c1-15(2,3)13-10-7-9(19-4)5-6-12(10)16-8-11(13)14(17)18/h5-8H,1-4H3,(H,17,18). The zero-order chi connectivity index (χ0) is 14.2. The highest BCUT2D eigenvalue weighted by Crippen LogP contribution is 2.33. The number of hydrogen-bond acceptors (Lipinski definition) is 3. The molecular formula is C15H17NO3. The third-order valence-electron chi connectivity index (χ3n) is 3.06. The van der Waals surface area contributed by atoms with Gasteiger partial charge in [0.05, 0.1) is 18.2 Å². The molecule has 0 radical (unpaired) electrons. The zero-order valence-corrected chi connectivity index (χ0v) is 11.5. The molecular weight excluding hydrogens is 242 g/mol. The van der Waals surface area contributed by atoms with Gasteiger partial charge in [0.15, 0.2) is 0 Å². The van der Waals surface area contributed by atoms with Crippen LogP contribution in [0.15, 0.2) is 24.4 Å². The first-order valence-electron chi connectivity index (χ1n) is 6.05. The molecule has 0 spiro atoms. The summed E-state index contributed by atoms with van der Waals surface area (Å²) in [4.78, 5) is 15.6. The monoisotopic (exact) mass is 259 g/mol. The predicted octanol–water partition coefficient (Wildman–Crippen LogP) is 3.24. The summed E-state index contributed by atoms with van der Waals surface area (Å²) in [6, 6.07) is 5.51. The van der Waals surface area contributed by atoms with Crippen LogP contribution >= 0.6 is 0 Å². The van der Waals surface area contributed by atoms with Crippen LogP contribution in [0.25, 0.3) is 10.9 Å². The summed E-state index contributed by atoms with van der Waals surface area (Å²) in [6.07, 6.45) is 1.43. The van der Waals surface area contributed by atoms with Crippen LogP contribution in [0.2, 0.25) is 0 Å². The summed E-state index contributed by atoms with van der Waals surface area (Å²) in [5.74, 6) is -0.260. The summed E-state index contributed by atoms with van der Waals surface area (Å²) >= 11 is 0. The van der Waals surface area contributed by atoms with Gasteiger partial charge in [0.1, 0.15) is 5.75 Å². The van der Waals surface area contributed by atoms with E-state index in [2.05, 4.69) is 4.98 Å². The number of benzene rings is 1. The maximum Gasteiger partial charge on any atom is 0.337 e. The summed E-state index contributed by atoms with van der Waals surface area (Å²) in [5.41, 5.74) is 1.51. The molecule has 0 saturated carbocycles. The van der Waals surface area contributed by atoms with E-state index in [0.717, 1.165) is 16.5 Å². The number of aromatic carboxylic acids is 1. The molecule has 4 heteroatoms. The molecule has 100 valence electrons. The van der Waals surface area contributed by atoms with Crippen LogP contribution in [0.4, 0.5) is 0 Å².